The summed E-state index contributed by atoms with van der Waals surface area (Å²) in [5, 5.41) is 28.2. The number of hydrogen-bond donors (Lipinski definition) is 3. The van der Waals surface area contributed by atoms with Gasteiger partial charge in [0.1, 0.15) is 13.1 Å². The first-order valence-corrected chi connectivity index (χ1v) is 5.42. The zero-order chi connectivity index (χ0) is 15.1. The number of carbonyl (C=O) groups is 3. The van der Waals surface area contributed by atoms with Gasteiger partial charge in [0.25, 0.3) is 0 Å². The average molecular weight is 277 g/mol. The van der Waals surface area contributed by atoms with Crippen molar-refractivity contribution in [1.82, 2.24) is 4.90 Å². The number of amides is 2. The first kappa shape index (κ1) is 15.0. The summed E-state index contributed by atoms with van der Waals surface area (Å²) in [5.41, 5.74) is 0.728. The zero-order valence-electron chi connectivity index (χ0n) is 10.2. The Kier molecular flexibility index (Phi) is 5.05. The number of carbonyl (C=O) groups excluding carboxylic acids is 1. The Balaban J connectivity index is 2.76. The van der Waals surface area contributed by atoms with E-state index in [1.165, 1.54) is 24.3 Å². The van der Waals surface area contributed by atoms with Crippen LogP contribution >= 0.6 is 0 Å². The lowest BCUT2D eigenvalue weighted by atomic mass is 10.2. The maximum atomic E-state index is 11.8. The summed E-state index contributed by atoms with van der Waals surface area (Å²) in [6.45, 7) is -1.46. The Labute approximate surface area is 113 Å². The van der Waals surface area contributed by atoms with E-state index < -0.39 is 31.1 Å². The number of anilines is 1. The van der Waals surface area contributed by atoms with Crippen LogP contribution in [0.25, 0.3) is 0 Å². The molecular formula is C12H11N3O5. The molecule has 8 heteroatoms. The summed E-state index contributed by atoms with van der Waals surface area (Å²) in [5.74, 6) is -2.64. The molecule has 0 spiro atoms. The van der Waals surface area contributed by atoms with Gasteiger partial charge in [-0.1, -0.05) is 0 Å². The van der Waals surface area contributed by atoms with Gasteiger partial charge in [0.2, 0.25) is 0 Å². The van der Waals surface area contributed by atoms with E-state index in [0.29, 0.717) is 16.2 Å². The molecule has 0 heterocycles. The smallest absolute Gasteiger partial charge is 0.323 e. The summed E-state index contributed by atoms with van der Waals surface area (Å²) >= 11 is 0. The van der Waals surface area contributed by atoms with Gasteiger partial charge in [-0.2, -0.15) is 5.26 Å². The fraction of sp³-hybridized carbons (Fsp3) is 0.167. The first-order chi connectivity index (χ1) is 9.42. The molecule has 104 valence electrons. The SMILES string of the molecule is N#Cc1ccc(NC(=O)N(CC(=O)O)CC(=O)O)cc1. The van der Waals surface area contributed by atoms with Crippen molar-refractivity contribution in [3.05, 3.63) is 29.8 Å². The van der Waals surface area contributed by atoms with Gasteiger partial charge in [0.05, 0.1) is 11.6 Å². The number of nitrogens with zero attached hydrogens (tertiary/aromatic N) is 2. The van der Waals surface area contributed by atoms with E-state index in [2.05, 4.69) is 5.32 Å². The predicted octanol–water partition coefficient (Wildman–Crippen LogP) is 0.561. The minimum absolute atomic E-state index is 0.328. The molecule has 0 aliphatic carbocycles. The molecule has 0 unspecified atom stereocenters. The van der Waals surface area contributed by atoms with Crippen LogP contribution in [0.3, 0.4) is 0 Å². The van der Waals surface area contributed by atoms with Gasteiger partial charge in [-0.3, -0.25) is 9.59 Å². The van der Waals surface area contributed by atoms with Crippen molar-refractivity contribution >= 4 is 23.7 Å². The number of nitrogens with one attached hydrogen (secondary N) is 1. The lowest BCUT2D eigenvalue weighted by Crippen LogP contribution is -2.41. The van der Waals surface area contributed by atoms with E-state index in [0.717, 1.165) is 0 Å². The molecule has 0 atom stereocenters. The second kappa shape index (κ2) is 6.75. The summed E-state index contributed by atoms with van der Waals surface area (Å²) in [6.07, 6.45) is 0. The van der Waals surface area contributed by atoms with Crippen LogP contribution < -0.4 is 5.32 Å². The molecule has 2 amide bonds. The number of benzene rings is 1. The highest BCUT2D eigenvalue weighted by molar-refractivity contribution is 5.93. The average Bonchev–Trinajstić information content (AvgIpc) is 2.37. The Morgan fingerprint density at radius 1 is 1.10 bits per heavy atom. The van der Waals surface area contributed by atoms with Crippen molar-refractivity contribution in [2.24, 2.45) is 0 Å². The lowest BCUT2D eigenvalue weighted by molar-refractivity contribution is -0.140. The van der Waals surface area contributed by atoms with Crippen LogP contribution in [0.2, 0.25) is 0 Å². The molecule has 0 radical (unpaired) electrons. The number of nitriles is 1. The Hall–Kier alpha value is -3.08. The summed E-state index contributed by atoms with van der Waals surface area (Å²) in [4.78, 5) is 33.6. The molecular weight excluding hydrogens is 266 g/mol. The monoisotopic (exact) mass is 277 g/mol. The molecule has 0 saturated heterocycles. The van der Waals surface area contributed by atoms with Crippen molar-refractivity contribution in [3.8, 4) is 6.07 Å². The topological polar surface area (TPSA) is 131 Å². The number of carboxylic acids is 2. The van der Waals surface area contributed by atoms with Crippen molar-refractivity contribution in [2.75, 3.05) is 18.4 Å². The van der Waals surface area contributed by atoms with Crippen LogP contribution in [0.1, 0.15) is 5.56 Å². The van der Waals surface area contributed by atoms with Crippen molar-refractivity contribution in [1.29, 1.82) is 5.26 Å². The van der Waals surface area contributed by atoms with Gasteiger partial charge in [0, 0.05) is 5.69 Å². The molecule has 0 saturated carbocycles. The number of hydrogen-bond acceptors (Lipinski definition) is 4. The zero-order valence-corrected chi connectivity index (χ0v) is 10.2. The fourth-order valence-electron chi connectivity index (χ4n) is 1.36. The van der Waals surface area contributed by atoms with Crippen LogP contribution in [0.15, 0.2) is 24.3 Å². The Morgan fingerprint density at radius 2 is 1.60 bits per heavy atom. The number of rotatable bonds is 5. The third-order valence-corrected chi connectivity index (χ3v) is 2.20. The molecule has 0 aliphatic heterocycles. The van der Waals surface area contributed by atoms with Crippen LogP contribution in [0, 0.1) is 11.3 Å². The van der Waals surface area contributed by atoms with Gasteiger partial charge < -0.3 is 20.4 Å². The van der Waals surface area contributed by atoms with Gasteiger partial charge >= 0.3 is 18.0 Å². The fourth-order valence-corrected chi connectivity index (χ4v) is 1.36. The van der Waals surface area contributed by atoms with Gasteiger partial charge in [-0.05, 0) is 24.3 Å². The number of urea groups is 1. The number of aliphatic carboxylic acids is 2. The molecule has 0 aromatic heterocycles. The summed E-state index contributed by atoms with van der Waals surface area (Å²) in [7, 11) is 0. The highest BCUT2D eigenvalue weighted by Crippen LogP contribution is 2.09. The Bertz CT molecular complexity index is 545. The van der Waals surface area contributed by atoms with Crippen LogP contribution in [-0.4, -0.2) is 46.2 Å². The van der Waals surface area contributed by atoms with Crippen LogP contribution in [-0.2, 0) is 9.59 Å². The maximum Gasteiger partial charge on any atom is 0.323 e. The van der Waals surface area contributed by atoms with E-state index >= 15 is 0 Å². The summed E-state index contributed by atoms with van der Waals surface area (Å²) < 4.78 is 0. The van der Waals surface area contributed by atoms with Gasteiger partial charge in [-0.25, -0.2) is 4.79 Å². The highest BCUT2D eigenvalue weighted by atomic mass is 16.4. The number of carboxylic acid groups (broad SMARTS) is 2. The molecule has 1 rings (SSSR count). The van der Waals surface area contributed by atoms with Crippen LogP contribution in [0.4, 0.5) is 10.5 Å². The normalized spacial score (nSPS) is 9.35. The molecule has 0 aliphatic rings. The predicted molar refractivity (Wildman–Crippen MR) is 67.0 cm³/mol. The third-order valence-electron chi connectivity index (χ3n) is 2.20. The van der Waals surface area contributed by atoms with Crippen molar-refractivity contribution in [2.45, 2.75) is 0 Å². The van der Waals surface area contributed by atoms with E-state index in [1.54, 1.807) is 0 Å². The largest absolute Gasteiger partial charge is 0.480 e. The Morgan fingerprint density at radius 3 is 2.00 bits per heavy atom. The van der Waals surface area contributed by atoms with Crippen molar-refractivity contribution in [3.63, 3.8) is 0 Å². The quantitative estimate of drug-likeness (QED) is 0.720. The van der Waals surface area contributed by atoms with E-state index in [4.69, 9.17) is 15.5 Å². The lowest BCUT2D eigenvalue weighted by Gasteiger charge is -2.19. The molecule has 0 bridgehead atoms. The molecule has 3 N–H and O–H groups in total. The second-order valence-electron chi connectivity index (χ2n) is 3.76. The highest BCUT2D eigenvalue weighted by Gasteiger charge is 2.19. The standard InChI is InChI=1S/C12H11N3O5/c13-5-8-1-3-9(4-2-8)14-12(20)15(6-10(16)17)7-11(18)19/h1-4H,6-7H2,(H,14,20)(H,16,17)(H,18,19). The third kappa shape index (κ3) is 4.66. The summed E-state index contributed by atoms with van der Waals surface area (Å²) in [6, 6.07) is 6.90. The van der Waals surface area contributed by atoms with Gasteiger partial charge in [-0.15, -0.1) is 0 Å². The van der Waals surface area contributed by atoms with E-state index in [-0.39, 0.29) is 0 Å². The molecule has 8 nitrogen and oxygen atoms in total. The van der Waals surface area contributed by atoms with E-state index in [9.17, 15) is 14.4 Å². The van der Waals surface area contributed by atoms with Crippen LogP contribution in [0.5, 0.6) is 0 Å². The van der Waals surface area contributed by atoms with E-state index in [1.807, 2.05) is 6.07 Å². The molecule has 0 fully saturated rings. The first-order valence-electron chi connectivity index (χ1n) is 5.42. The molecule has 1 aromatic carbocycles. The minimum Gasteiger partial charge on any atom is -0.480 e. The minimum atomic E-state index is -1.32. The molecule has 20 heavy (non-hydrogen) atoms. The molecule has 1 aromatic rings. The van der Waals surface area contributed by atoms with Gasteiger partial charge in [0.15, 0.2) is 0 Å². The maximum absolute atomic E-state index is 11.8. The second-order valence-corrected chi connectivity index (χ2v) is 3.76. The van der Waals surface area contributed by atoms with Crippen molar-refractivity contribution < 1.29 is 24.6 Å².